The number of hydrogen-bond acceptors (Lipinski definition) is 3. The maximum atomic E-state index is 14.0. The second kappa shape index (κ2) is 7.98. The fourth-order valence-electron chi connectivity index (χ4n) is 2.54. The lowest BCUT2D eigenvalue weighted by Crippen LogP contribution is -2.22. The third-order valence-corrected chi connectivity index (χ3v) is 3.60. The molecule has 21 heavy (non-hydrogen) atoms. The number of carbonyl (C=O) groups is 1. The Kier molecular flexibility index (Phi) is 5.99. The highest BCUT2D eigenvalue weighted by Gasteiger charge is 2.19. The molecule has 2 rings (SSSR count). The van der Waals surface area contributed by atoms with E-state index in [1.807, 2.05) is 13.0 Å². The summed E-state index contributed by atoms with van der Waals surface area (Å²) in [5.74, 6) is -0.544. The van der Waals surface area contributed by atoms with Gasteiger partial charge in [-0.2, -0.15) is 0 Å². The van der Waals surface area contributed by atoms with Crippen LogP contribution in [-0.2, 0) is 9.53 Å². The molecule has 1 aromatic rings. The van der Waals surface area contributed by atoms with E-state index in [0.717, 1.165) is 31.6 Å². The summed E-state index contributed by atoms with van der Waals surface area (Å²) in [6, 6.07) is 4.94. The van der Waals surface area contributed by atoms with Gasteiger partial charge in [0.15, 0.2) is 0 Å². The van der Waals surface area contributed by atoms with Gasteiger partial charge < -0.3 is 15.0 Å². The first-order chi connectivity index (χ1) is 10.2. The molecule has 1 heterocycles. The van der Waals surface area contributed by atoms with Crippen molar-refractivity contribution < 1.29 is 13.9 Å². The van der Waals surface area contributed by atoms with E-state index in [9.17, 15) is 9.18 Å². The van der Waals surface area contributed by atoms with Crippen LogP contribution in [0.15, 0.2) is 18.2 Å². The zero-order chi connectivity index (χ0) is 15.1. The van der Waals surface area contributed by atoms with Crippen molar-refractivity contribution in [2.75, 3.05) is 36.5 Å². The molecule has 1 N–H and O–H groups in total. The first kappa shape index (κ1) is 15.8. The molecular weight excluding hydrogens is 271 g/mol. The molecule has 1 saturated heterocycles. The van der Waals surface area contributed by atoms with Crippen molar-refractivity contribution >= 4 is 17.3 Å². The molecule has 1 aromatic carbocycles. The smallest absolute Gasteiger partial charge is 0.224 e. The number of para-hydroxylation sites is 1. The Bertz CT molecular complexity index is 473. The summed E-state index contributed by atoms with van der Waals surface area (Å²) in [7, 11) is 0. The van der Waals surface area contributed by atoms with Crippen molar-refractivity contribution in [2.45, 2.75) is 32.6 Å². The SMILES string of the molecule is CCOCCCC(=O)Nc1c(F)cccc1N1CCCC1. The summed E-state index contributed by atoms with van der Waals surface area (Å²) >= 11 is 0. The van der Waals surface area contributed by atoms with Crippen LogP contribution in [0.2, 0.25) is 0 Å². The number of nitrogens with one attached hydrogen (secondary N) is 1. The molecule has 1 aliphatic rings. The maximum Gasteiger partial charge on any atom is 0.224 e. The molecular formula is C16H23FN2O2. The van der Waals surface area contributed by atoms with Crippen LogP contribution < -0.4 is 10.2 Å². The average Bonchev–Trinajstić information content (AvgIpc) is 3.00. The summed E-state index contributed by atoms with van der Waals surface area (Å²) in [6.07, 6.45) is 3.21. The minimum absolute atomic E-state index is 0.166. The normalized spacial score (nSPS) is 14.5. The van der Waals surface area contributed by atoms with Crippen LogP contribution in [0, 0.1) is 5.82 Å². The molecule has 0 spiro atoms. The van der Waals surface area contributed by atoms with E-state index in [2.05, 4.69) is 10.2 Å². The van der Waals surface area contributed by atoms with Gasteiger partial charge in [-0.25, -0.2) is 4.39 Å². The predicted molar refractivity (Wildman–Crippen MR) is 82.2 cm³/mol. The molecule has 116 valence electrons. The molecule has 4 nitrogen and oxygen atoms in total. The van der Waals surface area contributed by atoms with Gasteiger partial charge in [-0.1, -0.05) is 6.07 Å². The van der Waals surface area contributed by atoms with Crippen LogP contribution in [0.5, 0.6) is 0 Å². The van der Waals surface area contributed by atoms with Gasteiger partial charge in [-0.15, -0.1) is 0 Å². The molecule has 0 bridgehead atoms. The van der Waals surface area contributed by atoms with Gasteiger partial charge in [0.25, 0.3) is 0 Å². The Morgan fingerprint density at radius 3 is 2.86 bits per heavy atom. The summed E-state index contributed by atoms with van der Waals surface area (Å²) in [4.78, 5) is 14.1. The highest BCUT2D eigenvalue weighted by Crippen LogP contribution is 2.31. The van der Waals surface area contributed by atoms with E-state index in [4.69, 9.17) is 4.74 Å². The van der Waals surface area contributed by atoms with Crippen LogP contribution in [0.4, 0.5) is 15.8 Å². The van der Waals surface area contributed by atoms with Crippen LogP contribution in [0.1, 0.15) is 32.6 Å². The summed E-state index contributed by atoms with van der Waals surface area (Å²) in [6.45, 7) is 4.95. The highest BCUT2D eigenvalue weighted by atomic mass is 19.1. The number of anilines is 2. The van der Waals surface area contributed by atoms with Crippen molar-refractivity contribution in [1.29, 1.82) is 0 Å². The third-order valence-electron chi connectivity index (χ3n) is 3.60. The first-order valence-electron chi connectivity index (χ1n) is 7.63. The van der Waals surface area contributed by atoms with E-state index < -0.39 is 0 Å². The van der Waals surface area contributed by atoms with Crippen molar-refractivity contribution in [1.82, 2.24) is 0 Å². The number of halogens is 1. The maximum absolute atomic E-state index is 14.0. The van der Waals surface area contributed by atoms with Crippen LogP contribution in [0.3, 0.4) is 0 Å². The fraction of sp³-hybridized carbons (Fsp3) is 0.562. The van der Waals surface area contributed by atoms with E-state index in [1.54, 1.807) is 6.07 Å². The minimum Gasteiger partial charge on any atom is -0.382 e. The lowest BCUT2D eigenvalue weighted by molar-refractivity contribution is -0.116. The second-order valence-corrected chi connectivity index (χ2v) is 5.18. The molecule has 0 atom stereocenters. The summed E-state index contributed by atoms with van der Waals surface area (Å²) < 4.78 is 19.2. The number of hydrogen-bond donors (Lipinski definition) is 1. The molecule has 1 amide bonds. The quantitative estimate of drug-likeness (QED) is 0.785. The van der Waals surface area contributed by atoms with E-state index in [0.29, 0.717) is 31.7 Å². The highest BCUT2D eigenvalue weighted by molar-refractivity contribution is 5.94. The van der Waals surface area contributed by atoms with E-state index in [-0.39, 0.29) is 11.7 Å². The lowest BCUT2D eigenvalue weighted by Gasteiger charge is -2.22. The van der Waals surface area contributed by atoms with Gasteiger partial charge in [-0.3, -0.25) is 4.79 Å². The topological polar surface area (TPSA) is 41.6 Å². The zero-order valence-electron chi connectivity index (χ0n) is 12.5. The van der Waals surface area contributed by atoms with Crippen LogP contribution >= 0.6 is 0 Å². The number of carbonyl (C=O) groups excluding carboxylic acids is 1. The lowest BCUT2D eigenvalue weighted by atomic mass is 10.2. The molecule has 0 saturated carbocycles. The molecule has 0 aromatic heterocycles. The fourth-order valence-corrected chi connectivity index (χ4v) is 2.54. The Balaban J connectivity index is 1.99. The Morgan fingerprint density at radius 2 is 2.14 bits per heavy atom. The van der Waals surface area contributed by atoms with Crippen LogP contribution in [0.25, 0.3) is 0 Å². The van der Waals surface area contributed by atoms with Crippen molar-refractivity contribution in [3.05, 3.63) is 24.0 Å². The van der Waals surface area contributed by atoms with Crippen molar-refractivity contribution in [2.24, 2.45) is 0 Å². The standard InChI is InChI=1S/C16H23FN2O2/c1-2-21-12-6-9-15(20)18-16-13(17)7-5-8-14(16)19-10-3-4-11-19/h5,7-8H,2-4,6,9-12H2,1H3,(H,18,20). The number of rotatable bonds is 7. The van der Waals surface area contributed by atoms with Gasteiger partial charge in [0.1, 0.15) is 11.5 Å². The van der Waals surface area contributed by atoms with Gasteiger partial charge in [0, 0.05) is 32.7 Å². The second-order valence-electron chi connectivity index (χ2n) is 5.18. The predicted octanol–water partition coefficient (Wildman–Crippen LogP) is 3.18. The summed E-state index contributed by atoms with van der Waals surface area (Å²) in [5.41, 5.74) is 1.09. The van der Waals surface area contributed by atoms with Gasteiger partial charge in [0.05, 0.1) is 5.69 Å². The number of ether oxygens (including phenoxy) is 1. The zero-order valence-corrected chi connectivity index (χ0v) is 12.5. The third kappa shape index (κ3) is 4.43. The molecule has 0 unspecified atom stereocenters. The Morgan fingerprint density at radius 1 is 1.38 bits per heavy atom. The van der Waals surface area contributed by atoms with Gasteiger partial charge in [0.2, 0.25) is 5.91 Å². The van der Waals surface area contributed by atoms with Crippen molar-refractivity contribution in [3.63, 3.8) is 0 Å². The van der Waals surface area contributed by atoms with Crippen LogP contribution in [-0.4, -0.2) is 32.2 Å². The molecule has 1 aliphatic heterocycles. The number of amides is 1. The van der Waals surface area contributed by atoms with E-state index >= 15 is 0 Å². The van der Waals surface area contributed by atoms with Gasteiger partial charge in [-0.05, 0) is 38.3 Å². The monoisotopic (exact) mass is 294 g/mol. The number of benzene rings is 1. The minimum atomic E-state index is -0.377. The molecule has 0 radical (unpaired) electrons. The Labute approximate surface area is 125 Å². The number of nitrogens with zero attached hydrogens (tertiary/aromatic N) is 1. The van der Waals surface area contributed by atoms with Crippen molar-refractivity contribution in [3.8, 4) is 0 Å². The van der Waals surface area contributed by atoms with Gasteiger partial charge >= 0.3 is 0 Å². The van der Waals surface area contributed by atoms with E-state index in [1.165, 1.54) is 6.07 Å². The average molecular weight is 294 g/mol. The molecule has 1 fully saturated rings. The summed E-state index contributed by atoms with van der Waals surface area (Å²) in [5, 5.41) is 2.72. The Hall–Kier alpha value is -1.62. The molecule has 5 heteroatoms. The first-order valence-corrected chi connectivity index (χ1v) is 7.63. The molecule has 0 aliphatic carbocycles. The largest absolute Gasteiger partial charge is 0.382 e.